The van der Waals surface area contributed by atoms with Gasteiger partial charge in [-0.05, 0) is 53.5 Å². The molecule has 0 saturated carbocycles. The first-order valence-corrected chi connectivity index (χ1v) is 11.0. The lowest BCUT2D eigenvalue weighted by Gasteiger charge is -2.05. The smallest absolute Gasteiger partial charge is 0.118 e. The minimum atomic E-state index is 0. The van der Waals surface area contributed by atoms with Gasteiger partial charge >= 0.3 is 0 Å². The summed E-state index contributed by atoms with van der Waals surface area (Å²) >= 11 is 0. The van der Waals surface area contributed by atoms with Crippen molar-refractivity contribution in [2.45, 2.75) is 73.6 Å². The van der Waals surface area contributed by atoms with Crippen LogP contribution in [0.3, 0.4) is 0 Å². The van der Waals surface area contributed by atoms with Gasteiger partial charge in [0.25, 0.3) is 0 Å². The normalized spacial score (nSPS) is 9.90. The fourth-order valence-corrected chi connectivity index (χ4v) is 2.78. The Bertz CT molecular complexity index is 797. The van der Waals surface area contributed by atoms with Crippen LogP contribution in [0.2, 0.25) is 0 Å². The number of ether oxygens (including phenoxy) is 1. The molecule has 31 heavy (non-hydrogen) atoms. The molecule has 3 aromatic rings. The van der Waals surface area contributed by atoms with Gasteiger partial charge < -0.3 is 4.74 Å². The van der Waals surface area contributed by atoms with E-state index in [4.69, 9.17) is 4.74 Å². The average Bonchev–Trinajstić information content (AvgIpc) is 2.75. The van der Waals surface area contributed by atoms with Crippen LogP contribution in [0, 0.1) is 6.92 Å². The van der Waals surface area contributed by atoms with E-state index in [9.17, 15) is 0 Å². The van der Waals surface area contributed by atoms with Crippen LogP contribution in [-0.2, 0) is 0 Å². The molecular weight excluding hydrogens is 376 g/mol. The number of hydrogen-bond donors (Lipinski definition) is 0. The van der Waals surface area contributed by atoms with Crippen molar-refractivity contribution in [3.05, 3.63) is 101 Å². The van der Waals surface area contributed by atoms with E-state index in [1.165, 1.54) is 22.3 Å². The fourth-order valence-electron chi connectivity index (χ4n) is 2.78. The molecule has 0 aliphatic heterocycles. The highest BCUT2D eigenvalue weighted by molar-refractivity contribution is 5.28. The molecule has 1 nitrogen and oxygen atoms in total. The summed E-state index contributed by atoms with van der Waals surface area (Å²) < 4.78 is 5.05. The molecule has 0 aromatic heterocycles. The van der Waals surface area contributed by atoms with Gasteiger partial charge in [-0.3, -0.25) is 0 Å². The Hall–Kier alpha value is -2.54. The van der Waals surface area contributed by atoms with Gasteiger partial charge in [0, 0.05) is 0 Å². The monoisotopic (exact) mass is 420 g/mol. The van der Waals surface area contributed by atoms with Crippen LogP contribution in [0.5, 0.6) is 5.75 Å². The van der Waals surface area contributed by atoms with E-state index < -0.39 is 0 Å². The Morgan fingerprint density at radius 1 is 0.516 bits per heavy atom. The van der Waals surface area contributed by atoms with Gasteiger partial charge in [-0.1, -0.05) is 121 Å². The molecule has 0 aliphatic rings. The zero-order chi connectivity index (χ0) is 22.5. The van der Waals surface area contributed by atoms with Crippen LogP contribution in [0.15, 0.2) is 78.9 Å². The summed E-state index contributed by atoms with van der Waals surface area (Å²) in [5.41, 5.74) is 5.53. The minimum Gasteiger partial charge on any atom is -0.497 e. The second-order valence-electron chi connectivity index (χ2n) is 8.56. The summed E-state index contributed by atoms with van der Waals surface area (Å²) in [6.45, 7) is 15.3. The summed E-state index contributed by atoms with van der Waals surface area (Å²) in [5.74, 6) is 2.84. The van der Waals surface area contributed by atoms with Crippen LogP contribution >= 0.6 is 0 Å². The van der Waals surface area contributed by atoms with E-state index in [-0.39, 0.29) is 7.43 Å². The SMILES string of the molecule is C.CC(C)c1ccccc1.COc1ccc(C(C)C)cc1.Cc1ccc(C(C)C)cc1. The summed E-state index contributed by atoms with van der Waals surface area (Å²) in [6, 6.07) is 27.4. The first-order valence-electron chi connectivity index (χ1n) is 11.0. The standard InChI is InChI=1S/C10H14O.C10H14.C9H12.CH4/c1-8(2)9-4-6-10(11-3)7-5-9;1-8(2)10-6-4-9(3)5-7-10;1-8(2)9-6-4-3-5-7-9;/h4-8H,1-3H3;4-8H,1-3H3;3-8H,1-2H3;1H4. The van der Waals surface area contributed by atoms with Gasteiger partial charge in [-0.25, -0.2) is 0 Å². The lowest BCUT2D eigenvalue weighted by molar-refractivity contribution is 0.414. The van der Waals surface area contributed by atoms with E-state index >= 15 is 0 Å². The lowest BCUT2D eigenvalue weighted by Crippen LogP contribution is -1.87. The molecule has 0 unspecified atom stereocenters. The highest BCUT2D eigenvalue weighted by Gasteiger charge is 1.97. The van der Waals surface area contributed by atoms with Gasteiger partial charge in [0.1, 0.15) is 5.75 Å². The molecule has 0 spiro atoms. The maximum atomic E-state index is 5.05. The van der Waals surface area contributed by atoms with Crippen LogP contribution in [0.4, 0.5) is 0 Å². The number of methoxy groups -OCH3 is 1. The Kier molecular flexibility index (Phi) is 14.0. The van der Waals surface area contributed by atoms with E-state index in [2.05, 4.69) is 109 Å². The molecule has 3 rings (SSSR count). The van der Waals surface area contributed by atoms with Crippen LogP contribution < -0.4 is 4.74 Å². The van der Waals surface area contributed by atoms with E-state index in [0.717, 1.165) is 5.75 Å². The first-order chi connectivity index (χ1) is 14.2. The molecule has 0 saturated heterocycles. The molecule has 0 aliphatic carbocycles. The zero-order valence-electron chi connectivity index (χ0n) is 20.1. The van der Waals surface area contributed by atoms with E-state index in [1.54, 1.807) is 7.11 Å². The van der Waals surface area contributed by atoms with E-state index in [1.807, 2.05) is 18.2 Å². The van der Waals surface area contributed by atoms with Gasteiger partial charge in [0.2, 0.25) is 0 Å². The highest BCUT2D eigenvalue weighted by atomic mass is 16.5. The molecule has 0 heterocycles. The quantitative estimate of drug-likeness (QED) is 0.408. The first kappa shape index (κ1) is 28.5. The number of hydrogen-bond acceptors (Lipinski definition) is 1. The van der Waals surface area contributed by atoms with Crippen molar-refractivity contribution >= 4 is 0 Å². The summed E-state index contributed by atoms with van der Waals surface area (Å²) in [7, 11) is 1.68. The van der Waals surface area contributed by atoms with Crippen molar-refractivity contribution < 1.29 is 4.74 Å². The third-order valence-electron chi connectivity index (χ3n) is 4.99. The lowest BCUT2D eigenvalue weighted by atomic mass is 10.0. The van der Waals surface area contributed by atoms with Gasteiger partial charge in [0.05, 0.1) is 7.11 Å². The Morgan fingerprint density at radius 2 is 0.871 bits per heavy atom. The molecule has 0 bridgehead atoms. The van der Waals surface area contributed by atoms with Crippen molar-refractivity contribution in [1.82, 2.24) is 0 Å². The van der Waals surface area contributed by atoms with Crippen molar-refractivity contribution in [2.24, 2.45) is 0 Å². The van der Waals surface area contributed by atoms with Crippen LogP contribution in [0.1, 0.15) is 89.0 Å². The van der Waals surface area contributed by atoms with Crippen molar-refractivity contribution in [2.75, 3.05) is 7.11 Å². The predicted octanol–water partition coefficient (Wildman–Crippen LogP) is 9.38. The maximum absolute atomic E-state index is 5.05. The highest BCUT2D eigenvalue weighted by Crippen LogP contribution is 2.18. The van der Waals surface area contributed by atoms with Gasteiger partial charge in [-0.15, -0.1) is 0 Å². The van der Waals surface area contributed by atoms with Gasteiger partial charge in [0.15, 0.2) is 0 Å². The topological polar surface area (TPSA) is 9.23 Å². The predicted molar refractivity (Wildman–Crippen MR) is 140 cm³/mol. The molecule has 0 atom stereocenters. The molecule has 0 amide bonds. The molecule has 0 N–H and O–H groups in total. The minimum absolute atomic E-state index is 0. The van der Waals surface area contributed by atoms with Crippen molar-refractivity contribution in [3.63, 3.8) is 0 Å². The third kappa shape index (κ3) is 11.4. The summed E-state index contributed by atoms with van der Waals surface area (Å²) in [5, 5.41) is 0. The second kappa shape index (κ2) is 15.3. The molecular formula is C30H44O. The molecule has 170 valence electrons. The molecule has 0 fully saturated rings. The largest absolute Gasteiger partial charge is 0.497 e. The average molecular weight is 421 g/mol. The van der Waals surface area contributed by atoms with Crippen LogP contribution in [0.25, 0.3) is 0 Å². The third-order valence-corrected chi connectivity index (χ3v) is 4.99. The molecule has 3 aromatic carbocycles. The number of benzene rings is 3. The second-order valence-corrected chi connectivity index (χ2v) is 8.56. The van der Waals surface area contributed by atoms with Crippen molar-refractivity contribution in [3.8, 4) is 5.75 Å². The zero-order valence-corrected chi connectivity index (χ0v) is 20.1. The van der Waals surface area contributed by atoms with E-state index in [0.29, 0.717) is 17.8 Å². The number of rotatable bonds is 4. The Morgan fingerprint density at radius 3 is 1.19 bits per heavy atom. The number of aryl methyl sites for hydroxylation is 1. The Balaban J connectivity index is 0.000000431. The maximum Gasteiger partial charge on any atom is 0.118 e. The van der Waals surface area contributed by atoms with Crippen LogP contribution in [-0.4, -0.2) is 7.11 Å². The van der Waals surface area contributed by atoms with Gasteiger partial charge in [-0.2, -0.15) is 0 Å². The molecule has 1 heteroatoms. The molecule has 0 radical (unpaired) electrons. The van der Waals surface area contributed by atoms with Crippen molar-refractivity contribution in [1.29, 1.82) is 0 Å². The summed E-state index contributed by atoms with van der Waals surface area (Å²) in [6.07, 6.45) is 0. The fraction of sp³-hybridized carbons (Fsp3) is 0.400. The Labute approximate surface area is 192 Å². The summed E-state index contributed by atoms with van der Waals surface area (Å²) in [4.78, 5) is 0.